The van der Waals surface area contributed by atoms with Gasteiger partial charge in [0.15, 0.2) is 5.82 Å². The third kappa shape index (κ3) is 4.94. The lowest BCUT2D eigenvalue weighted by Gasteiger charge is -2.17. The Morgan fingerprint density at radius 2 is 1.88 bits per heavy atom. The van der Waals surface area contributed by atoms with Crippen molar-refractivity contribution >= 4 is 35.0 Å². The number of benzene rings is 2. The number of halogens is 2. The highest BCUT2D eigenvalue weighted by Gasteiger charge is 2.19. The van der Waals surface area contributed by atoms with Crippen molar-refractivity contribution in [3.05, 3.63) is 86.7 Å². The van der Waals surface area contributed by atoms with Gasteiger partial charge in [-0.2, -0.15) is 0 Å². The third-order valence-corrected chi connectivity index (χ3v) is 5.57. The number of hydrogen-bond acceptors (Lipinski definition) is 5. The summed E-state index contributed by atoms with van der Waals surface area (Å²) in [7, 11) is 1.44. The Labute approximate surface area is 189 Å². The fraction of sp³-hybridized carbons (Fsp3) is 0.217. The molecule has 0 atom stereocenters. The van der Waals surface area contributed by atoms with Crippen LogP contribution in [-0.4, -0.2) is 16.2 Å². The maximum atomic E-state index is 14.9. The van der Waals surface area contributed by atoms with Crippen molar-refractivity contribution in [1.82, 2.24) is 4.57 Å². The van der Waals surface area contributed by atoms with Crippen LogP contribution in [0.4, 0.5) is 26.0 Å². The predicted octanol–water partition coefficient (Wildman–Crippen LogP) is 4.49. The standard InChI is InChI=1S/C23H24F2N4O2S/c1-4-32-28-19-7-5-6-14(20(19)25)11-15-12-16(21(26)30)22(29(3)23(15)31)27-18-9-8-13(2)10-17(18)24/h5-10,12,27-28H,4,11H2,1-3H3,(H2,26,30). The Balaban J connectivity index is 2.03. The highest BCUT2D eigenvalue weighted by atomic mass is 32.2. The smallest absolute Gasteiger partial charge is 0.255 e. The SMILES string of the molecule is CCSNc1cccc(Cc2cc(C(N)=O)c(Nc3ccc(C)cc3F)n(C)c2=O)c1F. The van der Waals surface area contributed by atoms with Gasteiger partial charge < -0.3 is 15.8 Å². The average Bonchev–Trinajstić information content (AvgIpc) is 2.75. The Kier molecular flexibility index (Phi) is 7.19. The summed E-state index contributed by atoms with van der Waals surface area (Å²) in [5.74, 6) is -0.993. The number of aryl methyl sites for hydroxylation is 1. The Morgan fingerprint density at radius 3 is 2.53 bits per heavy atom. The van der Waals surface area contributed by atoms with Crippen LogP contribution < -0.4 is 21.3 Å². The average molecular weight is 459 g/mol. The molecule has 0 unspecified atom stereocenters. The molecule has 0 aliphatic rings. The first kappa shape index (κ1) is 23.3. The minimum absolute atomic E-state index is 0.00157. The molecule has 9 heteroatoms. The largest absolute Gasteiger partial charge is 0.365 e. The summed E-state index contributed by atoms with van der Waals surface area (Å²) in [5, 5.41) is 2.79. The molecule has 168 valence electrons. The summed E-state index contributed by atoms with van der Waals surface area (Å²) < 4.78 is 33.3. The molecule has 1 heterocycles. The summed E-state index contributed by atoms with van der Waals surface area (Å²) in [6, 6.07) is 10.7. The zero-order valence-corrected chi connectivity index (χ0v) is 18.8. The van der Waals surface area contributed by atoms with Gasteiger partial charge >= 0.3 is 0 Å². The van der Waals surface area contributed by atoms with Gasteiger partial charge in [0.1, 0.15) is 11.6 Å². The van der Waals surface area contributed by atoms with Crippen molar-refractivity contribution in [2.75, 3.05) is 15.8 Å². The van der Waals surface area contributed by atoms with Crippen LogP contribution in [0, 0.1) is 18.6 Å². The quantitative estimate of drug-likeness (QED) is 0.433. The molecule has 0 aliphatic heterocycles. The van der Waals surface area contributed by atoms with E-state index in [1.165, 1.54) is 41.8 Å². The van der Waals surface area contributed by atoms with E-state index in [-0.39, 0.29) is 29.1 Å². The molecule has 0 fully saturated rings. The topological polar surface area (TPSA) is 89.1 Å². The number of amides is 1. The van der Waals surface area contributed by atoms with E-state index in [2.05, 4.69) is 10.0 Å². The second kappa shape index (κ2) is 9.86. The number of nitrogens with one attached hydrogen (secondary N) is 2. The minimum Gasteiger partial charge on any atom is -0.365 e. The van der Waals surface area contributed by atoms with Gasteiger partial charge in [-0.25, -0.2) is 8.78 Å². The fourth-order valence-electron chi connectivity index (χ4n) is 3.27. The summed E-state index contributed by atoms with van der Waals surface area (Å²) in [6.07, 6.45) is -0.0374. The van der Waals surface area contributed by atoms with E-state index >= 15 is 0 Å². The molecule has 3 rings (SSSR count). The van der Waals surface area contributed by atoms with Crippen LogP contribution in [0.1, 0.15) is 34.0 Å². The molecular weight excluding hydrogens is 434 g/mol. The molecule has 0 saturated heterocycles. The van der Waals surface area contributed by atoms with Gasteiger partial charge in [0.25, 0.3) is 11.5 Å². The van der Waals surface area contributed by atoms with Gasteiger partial charge in [0.05, 0.1) is 16.9 Å². The second-order valence-corrected chi connectivity index (χ2v) is 8.33. The number of primary amides is 1. The van der Waals surface area contributed by atoms with Crippen LogP contribution in [0.3, 0.4) is 0 Å². The molecule has 0 aliphatic carbocycles. The number of hydrogen-bond donors (Lipinski definition) is 3. The van der Waals surface area contributed by atoms with Gasteiger partial charge in [-0.3, -0.25) is 14.2 Å². The number of aromatic nitrogens is 1. The lowest BCUT2D eigenvalue weighted by molar-refractivity contribution is 0.100. The lowest BCUT2D eigenvalue weighted by atomic mass is 10.0. The molecule has 0 bridgehead atoms. The Bertz CT molecular complexity index is 1230. The predicted molar refractivity (Wildman–Crippen MR) is 126 cm³/mol. The van der Waals surface area contributed by atoms with E-state index in [1.54, 1.807) is 31.2 Å². The summed E-state index contributed by atoms with van der Waals surface area (Å²) in [6.45, 7) is 3.68. The second-order valence-electron chi connectivity index (χ2n) is 7.26. The molecule has 0 spiro atoms. The van der Waals surface area contributed by atoms with Gasteiger partial charge in [-0.1, -0.05) is 37.1 Å². The molecule has 1 aromatic heterocycles. The van der Waals surface area contributed by atoms with Crippen LogP contribution in [0.5, 0.6) is 0 Å². The molecule has 1 amide bonds. The maximum absolute atomic E-state index is 14.9. The molecule has 6 nitrogen and oxygen atoms in total. The van der Waals surface area contributed by atoms with E-state index < -0.39 is 23.1 Å². The van der Waals surface area contributed by atoms with Crippen LogP contribution in [-0.2, 0) is 13.5 Å². The first-order chi connectivity index (χ1) is 15.2. The Morgan fingerprint density at radius 1 is 1.12 bits per heavy atom. The van der Waals surface area contributed by atoms with Crippen molar-refractivity contribution in [3.63, 3.8) is 0 Å². The zero-order valence-electron chi connectivity index (χ0n) is 18.0. The number of nitrogens with two attached hydrogens (primary N) is 1. The van der Waals surface area contributed by atoms with Crippen molar-refractivity contribution in [2.24, 2.45) is 12.8 Å². The number of anilines is 3. The third-order valence-electron chi connectivity index (χ3n) is 4.92. The normalized spacial score (nSPS) is 10.8. The van der Waals surface area contributed by atoms with Crippen molar-refractivity contribution < 1.29 is 13.6 Å². The van der Waals surface area contributed by atoms with Crippen LogP contribution in [0.25, 0.3) is 0 Å². The molecule has 4 N–H and O–H groups in total. The van der Waals surface area contributed by atoms with Gasteiger partial charge in [0.2, 0.25) is 0 Å². The van der Waals surface area contributed by atoms with E-state index in [0.29, 0.717) is 11.3 Å². The summed E-state index contributed by atoms with van der Waals surface area (Å²) in [4.78, 5) is 25.1. The van der Waals surface area contributed by atoms with E-state index in [1.807, 2.05) is 6.92 Å². The zero-order chi connectivity index (χ0) is 23.4. The summed E-state index contributed by atoms with van der Waals surface area (Å²) in [5.41, 5.74) is 6.71. The number of carbonyl (C=O) groups is 1. The molecule has 32 heavy (non-hydrogen) atoms. The highest BCUT2D eigenvalue weighted by molar-refractivity contribution is 8.00. The Hall–Kier alpha value is -3.33. The fourth-order valence-corrected chi connectivity index (χ4v) is 3.72. The van der Waals surface area contributed by atoms with Crippen molar-refractivity contribution in [1.29, 1.82) is 0 Å². The van der Waals surface area contributed by atoms with Gasteiger partial charge in [0, 0.05) is 24.8 Å². The van der Waals surface area contributed by atoms with Crippen LogP contribution in [0.15, 0.2) is 47.3 Å². The van der Waals surface area contributed by atoms with Gasteiger partial charge in [-0.05, 0) is 42.3 Å². The first-order valence-electron chi connectivity index (χ1n) is 9.94. The highest BCUT2D eigenvalue weighted by Crippen LogP contribution is 2.26. The van der Waals surface area contributed by atoms with Crippen LogP contribution >= 0.6 is 11.9 Å². The van der Waals surface area contributed by atoms with E-state index in [0.717, 1.165) is 11.3 Å². The van der Waals surface area contributed by atoms with E-state index in [4.69, 9.17) is 5.73 Å². The molecule has 0 radical (unpaired) electrons. The minimum atomic E-state index is -0.799. The molecule has 0 saturated carbocycles. The van der Waals surface area contributed by atoms with Crippen molar-refractivity contribution in [3.8, 4) is 0 Å². The lowest BCUT2D eigenvalue weighted by Crippen LogP contribution is -2.28. The number of rotatable bonds is 8. The number of nitrogens with zero attached hydrogens (tertiary/aromatic N) is 1. The number of pyridine rings is 1. The number of carbonyl (C=O) groups excluding carboxylic acids is 1. The van der Waals surface area contributed by atoms with Crippen molar-refractivity contribution in [2.45, 2.75) is 20.3 Å². The molecular formula is C23H24F2N4O2S. The van der Waals surface area contributed by atoms with Gasteiger partial charge in [-0.15, -0.1) is 0 Å². The molecule has 2 aromatic carbocycles. The molecule has 3 aromatic rings. The maximum Gasteiger partial charge on any atom is 0.255 e. The first-order valence-corrected chi connectivity index (χ1v) is 10.9. The van der Waals surface area contributed by atoms with E-state index in [9.17, 15) is 18.4 Å². The van der Waals surface area contributed by atoms with Crippen LogP contribution in [0.2, 0.25) is 0 Å². The summed E-state index contributed by atoms with van der Waals surface area (Å²) >= 11 is 1.35. The monoisotopic (exact) mass is 458 g/mol.